The largest absolute Gasteiger partial charge is 0.427 e. The van der Waals surface area contributed by atoms with Crippen LogP contribution in [0.15, 0.2) is 48.5 Å². The molecule has 1 radical (unpaired) electrons. The molecule has 0 bridgehead atoms. The smallest absolute Gasteiger partial charge is 0.331 e. The van der Waals surface area contributed by atoms with Gasteiger partial charge in [0.25, 0.3) is 0 Å². The second kappa shape index (κ2) is 6.49. The van der Waals surface area contributed by atoms with Crippen molar-refractivity contribution in [1.29, 1.82) is 0 Å². The van der Waals surface area contributed by atoms with E-state index in [-0.39, 0.29) is 0 Å². The summed E-state index contributed by atoms with van der Waals surface area (Å²) in [6.45, 7) is 7.26. The van der Waals surface area contributed by atoms with E-state index in [0.29, 0.717) is 5.02 Å². The highest BCUT2D eigenvalue weighted by molar-refractivity contribution is 7.27. The van der Waals surface area contributed by atoms with Gasteiger partial charge in [0.1, 0.15) is 0 Å². The second-order valence-electron chi connectivity index (χ2n) is 7.94. The minimum Gasteiger partial charge on any atom is -0.427 e. The lowest BCUT2D eigenvalue weighted by Crippen LogP contribution is -2.49. The monoisotopic (exact) mass is 395 g/mol. The first-order valence-electron chi connectivity index (χ1n) is 8.94. The van der Waals surface area contributed by atoms with E-state index in [1.165, 1.54) is 20.9 Å². The fourth-order valence-corrected chi connectivity index (χ4v) is 4.68. The van der Waals surface area contributed by atoms with Gasteiger partial charge in [0.05, 0.1) is 11.2 Å². The molecule has 0 saturated carbocycles. The summed E-state index contributed by atoms with van der Waals surface area (Å²) in [5.74, 6) is 0. The minimum absolute atomic E-state index is 0.675. The Morgan fingerprint density at radius 1 is 1.00 bits per heavy atom. The summed E-state index contributed by atoms with van der Waals surface area (Å²) in [6, 6.07) is 16.7. The molecule has 27 heavy (non-hydrogen) atoms. The van der Waals surface area contributed by atoms with Crippen molar-refractivity contribution in [3.8, 4) is 0 Å². The SMILES string of the molecule is CC(C)(O)C(C)(C)O[B]c1cc(Cl)cc2sc3c4ccccc4ccc3c12. The van der Waals surface area contributed by atoms with E-state index in [0.717, 1.165) is 15.5 Å². The Morgan fingerprint density at radius 2 is 1.74 bits per heavy atom. The van der Waals surface area contributed by atoms with Crippen LogP contribution in [0, 0.1) is 0 Å². The number of aliphatic hydroxyl groups is 1. The maximum absolute atomic E-state index is 10.4. The summed E-state index contributed by atoms with van der Waals surface area (Å²) in [4.78, 5) is 0. The molecule has 1 N–H and O–H groups in total. The first-order chi connectivity index (χ1) is 12.7. The summed E-state index contributed by atoms with van der Waals surface area (Å²) >= 11 is 8.14. The number of benzene rings is 3. The Labute approximate surface area is 169 Å². The number of fused-ring (bicyclic) bond motifs is 5. The molecule has 0 saturated heterocycles. The Hall–Kier alpha value is -1.59. The van der Waals surface area contributed by atoms with Gasteiger partial charge in [-0.3, -0.25) is 0 Å². The summed E-state index contributed by atoms with van der Waals surface area (Å²) in [6.07, 6.45) is 0. The third kappa shape index (κ3) is 3.25. The molecule has 137 valence electrons. The van der Waals surface area contributed by atoms with Gasteiger partial charge in [-0.05, 0) is 61.4 Å². The van der Waals surface area contributed by atoms with Crippen LogP contribution in [-0.2, 0) is 4.65 Å². The van der Waals surface area contributed by atoms with E-state index in [1.807, 2.05) is 26.0 Å². The zero-order chi connectivity index (χ0) is 19.4. The molecule has 1 heterocycles. The van der Waals surface area contributed by atoms with Gasteiger partial charge in [-0.15, -0.1) is 11.3 Å². The lowest BCUT2D eigenvalue weighted by Gasteiger charge is -2.37. The Morgan fingerprint density at radius 3 is 2.48 bits per heavy atom. The number of hydrogen-bond acceptors (Lipinski definition) is 3. The van der Waals surface area contributed by atoms with Gasteiger partial charge in [0, 0.05) is 19.8 Å². The molecular formula is C22H21BClO2S. The van der Waals surface area contributed by atoms with Crippen molar-refractivity contribution in [2.45, 2.75) is 38.9 Å². The van der Waals surface area contributed by atoms with Gasteiger partial charge < -0.3 is 9.76 Å². The van der Waals surface area contributed by atoms with Crippen LogP contribution in [0.5, 0.6) is 0 Å². The van der Waals surface area contributed by atoms with Crippen LogP contribution < -0.4 is 5.46 Å². The van der Waals surface area contributed by atoms with Crippen molar-refractivity contribution in [2.24, 2.45) is 0 Å². The summed E-state index contributed by atoms with van der Waals surface area (Å²) in [7, 11) is 1.73. The molecule has 1 aromatic heterocycles. The fraction of sp³-hybridized carbons (Fsp3) is 0.273. The van der Waals surface area contributed by atoms with E-state index in [1.54, 1.807) is 32.7 Å². The van der Waals surface area contributed by atoms with E-state index < -0.39 is 11.2 Å². The zero-order valence-corrected chi connectivity index (χ0v) is 17.4. The molecule has 5 heteroatoms. The summed E-state index contributed by atoms with van der Waals surface area (Å²) in [5, 5.41) is 15.9. The highest BCUT2D eigenvalue weighted by Crippen LogP contribution is 2.38. The zero-order valence-electron chi connectivity index (χ0n) is 15.8. The fourth-order valence-electron chi connectivity index (χ4n) is 3.08. The Balaban J connectivity index is 1.89. The third-order valence-corrected chi connectivity index (χ3v) is 6.82. The predicted molar refractivity (Wildman–Crippen MR) is 119 cm³/mol. The lowest BCUT2D eigenvalue weighted by molar-refractivity contribution is -0.0893. The van der Waals surface area contributed by atoms with Crippen LogP contribution >= 0.6 is 22.9 Å². The average molecular weight is 396 g/mol. The molecule has 4 aromatic rings. The maximum Gasteiger partial charge on any atom is 0.331 e. The molecule has 0 aliphatic rings. The molecular weight excluding hydrogens is 375 g/mol. The molecule has 0 amide bonds. The number of hydrogen-bond donors (Lipinski definition) is 1. The number of thiophene rings is 1. The quantitative estimate of drug-likeness (QED) is 0.451. The molecule has 0 fully saturated rings. The molecule has 3 aromatic carbocycles. The molecule has 2 nitrogen and oxygen atoms in total. The molecule has 0 aliphatic heterocycles. The second-order valence-corrected chi connectivity index (χ2v) is 9.43. The standard InChI is InChI=1S/C22H21BClO2S/c1-21(2,25)22(3,4)26-23-17-11-14(24)12-18-19(17)16-10-9-13-7-5-6-8-15(13)20(16)27-18/h5-12,25H,1-4H3. The van der Waals surface area contributed by atoms with Crippen molar-refractivity contribution in [3.63, 3.8) is 0 Å². The van der Waals surface area contributed by atoms with Gasteiger partial charge in [-0.1, -0.05) is 48.0 Å². The van der Waals surface area contributed by atoms with Crippen molar-refractivity contribution < 1.29 is 9.76 Å². The van der Waals surface area contributed by atoms with E-state index in [4.69, 9.17) is 16.3 Å². The Kier molecular flexibility index (Phi) is 4.51. The molecule has 0 aliphatic carbocycles. The highest BCUT2D eigenvalue weighted by Gasteiger charge is 2.36. The summed E-state index contributed by atoms with van der Waals surface area (Å²) < 4.78 is 8.40. The molecule has 0 atom stereocenters. The molecule has 0 unspecified atom stereocenters. The van der Waals surface area contributed by atoms with Crippen molar-refractivity contribution in [2.75, 3.05) is 0 Å². The highest BCUT2D eigenvalue weighted by atomic mass is 35.5. The van der Waals surface area contributed by atoms with Gasteiger partial charge in [-0.2, -0.15) is 0 Å². The third-order valence-electron chi connectivity index (χ3n) is 5.41. The van der Waals surface area contributed by atoms with Crippen LogP contribution in [0.2, 0.25) is 5.02 Å². The first kappa shape index (κ1) is 18.8. The molecule has 0 spiro atoms. The van der Waals surface area contributed by atoms with Gasteiger partial charge in [-0.25, -0.2) is 0 Å². The first-order valence-corrected chi connectivity index (χ1v) is 10.1. The summed E-state index contributed by atoms with van der Waals surface area (Å²) in [5.41, 5.74) is -0.787. The van der Waals surface area contributed by atoms with Gasteiger partial charge in [0.15, 0.2) is 0 Å². The van der Waals surface area contributed by atoms with E-state index in [2.05, 4.69) is 36.4 Å². The lowest BCUT2D eigenvalue weighted by atomic mass is 9.80. The van der Waals surface area contributed by atoms with Crippen LogP contribution in [0.25, 0.3) is 30.9 Å². The predicted octanol–water partition coefficient (Wildman–Crippen LogP) is 5.67. The van der Waals surface area contributed by atoms with Gasteiger partial charge >= 0.3 is 7.48 Å². The van der Waals surface area contributed by atoms with Crippen LogP contribution in [0.4, 0.5) is 0 Å². The minimum atomic E-state index is -0.978. The van der Waals surface area contributed by atoms with Crippen molar-refractivity contribution in [1.82, 2.24) is 0 Å². The number of halogens is 1. The average Bonchev–Trinajstić information content (AvgIpc) is 2.97. The van der Waals surface area contributed by atoms with Crippen molar-refractivity contribution >= 4 is 66.8 Å². The number of rotatable bonds is 4. The van der Waals surface area contributed by atoms with Gasteiger partial charge in [0.2, 0.25) is 0 Å². The topological polar surface area (TPSA) is 29.5 Å². The molecule has 4 rings (SSSR count). The Bertz CT molecular complexity index is 1160. The van der Waals surface area contributed by atoms with E-state index in [9.17, 15) is 5.11 Å². The normalized spacial score (nSPS) is 13.0. The van der Waals surface area contributed by atoms with Crippen LogP contribution in [0.1, 0.15) is 27.7 Å². The van der Waals surface area contributed by atoms with E-state index >= 15 is 0 Å². The maximum atomic E-state index is 10.4. The van der Waals surface area contributed by atoms with Crippen LogP contribution in [-0.4, -0.2) is 23.8 Å². The van der Waals surface area contributed by atoms with Crippen molar-refractivity contribution in [3.05, 3.63) is 53.6 Å². The van der Waals surface area contributed by atoms with Crippen LogP contribution in [0.3, 0.4) is 0 Å².